The van der Waals surface area contributed by atoms with Crippen LogP contribution in [0, 0.1) is 0 Å². The zero-order valence-electron chi connectivity index (χ0n) is 9.70. The van der Waals surface area contributed by atoms with Crippen LogP contribution in [0.5, 0.6) is 0 Å². The molecular formula is C12H20N2O. The Balaban J connectivity index is 2.36. The average molecular weight is 208 g/mol. The maximum Gasteiger partial charge on any atom is 0.165 e. The third-order valence-corrected chi connectivity index (χ3v) is 2.52. The van der Waals surface area contributed by atoms with Gasteiger partial charge in [0, 0.05) is 19.2 Å². The molecule has 84 valence electrons. The number of rotatable bonds is 7. The Labute approximate surface area is 91.5 Å². The third-order valence-electron chi connectivity index (χ3n) is 2.52. The summed E-state index contributed by atoms with van der Waals surface area (Å²) in [4.78, 5) is 11.3. The first-order chi connectivity index (χ1) is 7.27. The molecule has 3 heteroatoms. The molecule has 0 aromatic carbocycles. The molecule has 0 fully saturated rings. The number of hydrogen-bond acceptors (Lipinski definition) is 2. The minimum atomic E-state index is 0.176. The van der Waals surface area contributed by atoms with Crippen molar-refractivity contribution in [3.63, 3.8) is 0 Å². The van der Waals surface area contributed by atoms with Gasteiger partial charge in [-0.15, -0.1) is 0 Å². The van der Waals surface area contributed by atoms with Gasteiger partial charge in [-0.05, 0) is 6.42 Å². The molecule has 0 saturated heterocycles. The first-order valence-electron chi connectivity index (χ1n) is 5.83. The Hall–Kier alpha value is -1.12. The van der Waals surface area contributed by atoms with E-state index in [0.29, 0.717) is 6.42 Å². The molecule has 1 rings (SSSR count). The summed E-state index contributed by atoms with van der Waals surface area (Å²) in [6.07, 6.45) is 9.01. The summed E-state index contributed by atoms with van der Waals surface area (Å²) in [5.74, 6) is 0.176. The number of Topliss-reactive ketones (excluding diaryl/α,β-unsaturated/α-hetero) is 1. The second kappa shape index (κ2) is 6.38. The normalized spacial score (nSPS) is 10.5. The predicted molar refractivity (Wildman–Crippen MR) is 61.0 cm³/mol. The highest BCUT2D eigenvalue weighted by molar-refractivity contribution is 5.95. The minimum absolute atomic E-state index is 0.176. The van der Waals surface area contributed by atoms with Crippen molar-refractivity contribution in [2.24, 2.45) is 0 Å². The van der Waals surface area contributed by atoms with E-state index in [-0.39, 0.29) is 5.78 Å². The molecule has 0 radical (unpaired) electrons. The maximum absolute atomic E-state index is 11.3. The van der Waals surface area contributed by atoms with Crippen LogP contribution < -0.4 is 0 Å². The molecule has 3 nitrogen and oxygen atoms in total. The molecule has 0 aliphatic heterocycles. The van der Waals surface area contributed by atoms with Crippen molar-refractivity contribution in [1.29, 1.82) is 0 Å². The lowest BCUT2D eigenvalue weighted by Crippen LogP contribution is -1.98. The molecule has 0 N–H and O–H groups in total. The fourth-order valence-electron chi connectivity index (χ4n) is 1.53. The summed E-state index contributed by atoms with van der Waals surface area (Å²) in [6.45, 7) is 5.00. The van der Waals surface area contributed by atoms with Gasteiger partial charge in [0.15, 0.2) is 5.78 Å². The van der Waals surface area contributed by atoms with Gasteiger partial charge in [-0.3, -0.25) is 9.48 Å². The summed E-state index contributed by atoms with van der Waals surface area (Å²) >= 11 is 0. The smallest absolute Gasteiger partial charge is 0.165 e. The van der Waals surface area contributed by atoms with Crippen molar-refractivity contribution < 1.29 is 4.79 Å². The van der Waals surface area contributed by atoms with Crippen LogP contribution in [0.1, 0.15) is 56.3 Å². The number of hydrogen-bond donors (Lipinski definition) is 0. The third kappa shape index (κ3) is 3.86. The van der Waals surface area contributed by atoms with Crippen LogP contribution in [-0.4, -0.2) is 15.6 Å². The van der Waals surface area contributed by atoms with E-state index < -0.39 is 0 Å². The first-order valence-corrected chi connectivity index (χ1v) is 5.83. The molecule has 0 spiro atoms. The predicted octanol–water partition coefficient (Wildman–Crippen LogP) is 3.06. The molecule has 1 aromatic rings. The molecule has 0 aliphatic carbocycles. The molecule has 0 bridgehead atoms. The number of aryl methyl sites for hydroxylation is 1. The van der Waals surface area contributed by atoms with Gasteiger partial charge in [0.2, 0.25) is 0 Å². The SMILES string of the molecule is CCCCCCn1cc(C(=O)CC)cn1. The van der Waals surface area contributed by atoms with Gasteiger partial charge < -0.3 is 0 Å². The zero-order chi connectivity index (χ0) is 11.1. The Morgan fingerprint density at radius 3 is 2.80 bits per heavy atom. The number of carbonyl (C=O) groups is 1. The number of unbranched alkanes of at least 4 members (excludes halogenated alkanes) is 3. The summed E-state index contributed by atoms with van der Waals surface area (Å²) < 4.78 is 1.87. The second-order valence-corrected chi connectivity index (χ2v) is 3.83. The molecule has 0 amide bonds. The lowest BCUT2D eigenvalue weighted by Gasteiger charge is -1.99. The van der Waals surface area contributed by atoms with E-state index in [2.05, 4.69) is 12.0 Å². The molecule has 1 heterocycles. The van der Waals surface area contributed by atoms with Gasteiger partial charge >= 0.3 is 0 Å². The van der Waals surface area contributed by atoms with Crippen LogP contribution >= 0.6 is 0 Å². The Morgan fingerprint density at radius 2 is 2.13 bits per heavy atom. The minimum Gasteiger partial charge on any atom is -0.294 e. The van der Waals surface area contributed by atoms with E-state index in [1.165, 1.54) is 19.3 Å². The van der Waals surface area contributed by atoms with E-state index in [9.17, 15) is 4.79 Å². The van der Waals surface area contributed by atoms with Gasteiger partial charge in [0.25, 0.3) is 0 Å². The highest BCUT2D eigenvalue weighted by atomic mass is 16.1. The van der Waals surface area contributed by atoms with Crippen molar-refractivity contribution >= 4 is 5.78 Å². The van der Waals surface area contributed by atoms with Crippen LogP contribution in [0.25, 0.3) is 0 Å². The quantitative estimate of drug-likeness (QED) is 0.510. The van der Waals surface area contributed by atoms with Crippen LogP contribution in [0.2, 0.25) is 0 Å². The van der Waals surface area contributed by atoms with Crippen molar-refractivity contribution in [3.05, 3.63) is 18.0 Å². The standard InChI is InChI=1S/C12H20N2O/c1-3-5-6-7-8-14-10-11(9-13-14)12(15)4-2/h9-10H,3-8H2,1-2H3. The largest absolute Gasteiger partial charge is 0.294 e. The maximum atomic E-state index is 11.3. The summed E-state index contributed by atoms with van der Waals surface area (Å²) in [7, 11) is 0. The summed E-state index contributed by atoms with van der Waals surface area (Å²) in [5.41, 5.74) is 0.744. The molecule has 1 aromatic heterocycles. The van der Waals surface area contributed by atoms with Gasteiger partial charge in [-0.2, -0.15) is 5.10 Å². The fraction of sp³-hybridized carbons (Fsp3) is 0.667. The fourth-order valence-corrected chi connectivity index (χ4v) is 1.53. The Bertz CT molecular complexity index is 304. The molecular weight excluding hydrogens is 188 g/mol. The van der Waals surface area contributed by atoms with Crippen LogP contribution in [0.4, 0.5) is 0 Å². The van der Waals surface area contributed by atoms with E-state index in [1.807, 2.05) is 17.8 Å². The van der Waals surface area contributed by atoms with Crippen molar-refractivity contribution in [2.75, 3.05) is 0 Å². The van der Waals surface area contributed by atoms with E-state index in [1.54, 1.807) is 6.20 Å². The summed E-state index contributed by atoms with van der Waals surface area (Å²) in [6, 6.07) is 0. The first kappa shape index (κ1) is 12.0. The monoisotopic (exact) mass is 208 g/mol. The van der Waals surface area contributed by atoms with Gasteiger partial charge in [0.05, 0.1) is 11.8 Å². The topological polar surface area (TPSA) is 34.9 Å². The number of carbonyl (C=O) groups excluding carboxylic acids is 1. The second-order valence-electron chi connectivity index (χ2n) is 3.83. The highest BCUT2D eigenvalue weighted by Crippen LogP contribution is 2.05. The van der Waals surface area contributed by atoms with Crippen LogP contribution in [-0.2, 0) is 6.54 Å². The van der Waals surface area contributed by atoms with Gasteiger partial charge in [-0.1, -0.05) is 33.1 Å². The lowest BCUT2D eigenvalue weighted by molar-refractivity contribution is 0.0988. The average Bonchev–Trinajstić information content (AvgIpc) is 2.72. The molecule has 0 atom stereocenters. The van der Waals surface area contributed by atoms with E-state index in [0.717, 1.165) is 18.5 Å². The van der Waals surface area contributed by atoms with Gasteiger partial charge in [0.1, 0.15) is 0 Å². The van der Waals surface area contributed by atoms with E-state index in [4.69, 9.17) is 0 Å². The number of nitrogens with zero attached hydrogens (tertiary/aromatic N) is 2. The van der Waals surface area contributed by atoms with E-state index >= 15 is 0 Å². The Kier molecular flexibility index (Phi) is 5.08. The highest BCUT2D eigenvalue weighted by Gasteiger charge is 2.05. The number of ketones is 1. The Morgan fingerprint density at radius 1 is 1.33 bits per heavy atom. The number of aromatic nitrogens is 2. The molecule has 15 heavy (non-hydrogen) atoms. The van der Waals surface area contributed by atoms with Crippen molar-refractivity contribution in [2.45, 2.75) is 52.5 Å². The molecule has 0 saturated carbocycles. The molecule has 0 unspecified atom stereocenters. The van der Waals surface area contributed by atoms with Crippen molar-refractivity contribution in [1.82, 2.24) is 9.78 Å². The van der Waals surface area contributed by atoms with Crippen LogP contribution in [0.3, 0.4) is 0 Å². The van der Waals surface area contributed by atoms with Gasteiger partial charge in [-0.25, -0.2) is 0 Å². The lowest BCUT2D eigenvalue weighted by atomic mass is 10.2. The van der Waals surface area contributed by atoms with Crippen molar-refractivity contribution in [3.8, 4) is 0 Å². The zero-order valence-corrected chi connectivity index (χ0v) is 9.70. The summed E-state index contributed by atoms with van der Waals surface area (Å²) in [5, 5.41) is 4.18. The van der Waals surface area contributed by atoms with Crippen LogP contribution in [0.15, 0.2) is 12.4 Å². The molecule has 0 aliphatic rings.